The minimum Gasteiger partial charge on any atom is -0.480 e. The third-order valence-corrected chi connectivity index (χ3v) is 3.87. The molecule has 1 fully saturated rings. The second-order valence-corrected chi connectivity index (χ2v) is 5.33. The fourth-order valence-electron chi connectivity index (χ4n) is 1.78. The Labute approximate surface area is 118 Å². The van der Waals surface area contributed by atoms with Crippen LogP contribution in [0.3, 0.4) is 0 Å². The average Bonchev–Trinajstić information content (AvgIpc) is 2.42. The zero-order valence-electron chi connectivity index (χ0n) is 11.4. The molecule has 19 heavy (non-hydrogen) atoms. The van der Waals surface area contributed by atoms with E-state index in [1.54, 1.807) is 18.9 Å². The first-order chi connectivity index (χ1) is 9.25. The summed E-state index contributed by atoms with van der Waals surface area (Å²) in [5.74, 6) is 0.912. The van der Waals surface area contributed by atoms with Gasteiger partial charge in [-0.05, 0) is 0 Å². The lowest BCUT2D eigenvalue weighted by atomic mass is 10.3. The van der Waals surface area contributed by atoms with E-state index >= 15 is 0 Å². The van der Waals surface area contributed by atoms with Crippen molar-refractivity contribution in [1.82, 2.24) is 4.90 Å². The lowest BCUT2D eigenvalue weighted by Crippen LogP contribution is -2.48. The predicted molar refractivity (Wildman–Crippen MR) is 73.8 cm³/mol. The molecule has 1 aliphatic heterocycles. The number of thioether (sulfide) groups is 1. The minimum atomic E-state index is -0.741. The van der Waals surface area contributed by atoms with Crippen LogP contribution in [0.2, 0.25) is 0 Å². The number of nitrogens with zero attached hydrogens (tertiary/aromatic N) is 1. The number of aliphatic carboxylic acids is 1. The van der Waals surface area contributed by atoms with Gasteiger partial charge in [0.2, 0.25) is 0 Å². The predicted octanol–water partition coefficient (Wildman–Crippen LogP) is 0.168. The van der Waals surface area contributed by atoms with Gasteiger partial charge in [-0.15, -0.1) is 0 Å². The van der Waals surface area contributed by atoms with E-state index in [4.69, 9.17) is 19.3 Å². The van der Waals surface area contributed by atoms with E-state index in [-0.39, 0.29) is 6.04 Å². The lowest BCUT2D eigenvalue weighted by molar-refractivity contribution is -0.142. The fraction of sp³-hybridized carbons (Fsp3) is 0.917. The van der Waals surface area contributed by atoms with Gasteiger partial charge in [0.05, 0.1) is 33.0 Å². The van der Waals surface area contributed by atoms with E-state index in [1.165, 1.54) is 0 Å². The summed E-state index contributed by atoms with van der Waals surface area (Å²) >= 11 is 1.69. The van der Waals surface area contributed by atoms with E-state index in [2.05, 4.69) is 0 Å². The van der Waals surface area contributed by atoms with Crippen molar-refractivity contribution in [1.29, 1.82) is 0 Å². The van der Waals surface area contributed by atoms with Crippen molar-refractivity contribution in [2.45, 2.75) is 6.04 Å². The second-order valence-electron chi connectivity index (χ2n) is 4.18. The monoisotopic (exact) mass is 293 g/mol. The van der Waals surface area contributed by atoms with Gasteiger partial charge in [-0.2, -0.15) is 11.8 Å². The molecule has 1 unspecified atom stereocenters. The first-order valence-corrected chi connectivity index (χ1v) is 7.60. The molecule has 0 bridgehead atoms. The van der Waals surface area contributed by atoms with E-state index in [9.17, 15) is 4.79 Å². The summed E-state index contributed by atoms with van der Waals surface area (Å²) in [5.41, 5.74) is 0. The summed E-state index contributed by atoms with van der Waals surface area (Å²) in [5, 5.41) is 9.10. The topological polar surface area (TPSA) is 68.2 Å². The Balaban J connectivity index is 2.02. The van der Waals surface area contributed by atoms with E-state index in [0.717, 1.165) is 12.3 Å². The number of hydrogen-bond acceptors (Lipinski definition) is 6. The normalized spacial score (nSPS) is 20.6. The summed E-state index contributed by atoms with van der Waals surface area (Å²) in [7, 11) is 1.63. The minimum absolute atomic E-state index is 0.375. The summed E-state index contributed by atoms with van der Waals surface area (Å²) in [6.07, 6.45) is 0. The van der Waals surface area contributed by atoms with Gasteiger partial charge in [-0.3, -0.25) is 9.69 Å². The third kappa shape index (κ3) is 7.12. The molecule has 0 aliphatic carbocycles. The first-order valence-electron chi connectivity index (χ1n) is 6.44. The van der Waals surface area contributed by atoms with E-state index in [1.807, 2.05) is 4.90 Å². The maximum atomic E-state index is 11.1. The van der Waals surface area contributed by atoms with Crippen LogP contribution in [0, 0.1) is 0 Å². The molecule has 0 aromatic heterocycles. The van der Waals surface area contributed by atoms with Crippen LogP contribution in [0.15, 0.2) is 0 Å². The van der Waals surface area contributed by atoms with Gasteiger partial charge < -0.3 is 19.3 Å². The van der Waals surface area contributed by atoms with Crippen molar-refractivity contribution in [3.63, 3.8) is 0 Å². The Kier molecular flexibility index (Phi) is 9.19. The quantitative estimate of drug-likeness (QED) is 0.576. The summed E-state index contributed by atoms with van der Waals surface area (Å²) < 4.78 is 15.6. The number of carboxylic acid groups (broad SMARTS) is 1. The lowest BCUT2D eigenvalue weighted by Gasteiger charge is -2.32. The highest BCUT2D eigenvalue weighted by Crippen LogP contribution is 2.16. The second kappa shape index (κ2) is 10.4. The van der Waals surface area contributed by atoms with Gasteiger partial charge in [0.15, 0.2) is 0 Å². The molecular weight excluding hydrogens is 270 g/mol. The van der Waals surface area contributed by atoms with Crippen LogP contribution in [0.25, 0.3) is 0 Å². The summed E-state index contributed by atoms with van der Waals surface area (Å²) in [6.45, 7) is 4.26. The largest absolute Gasteiger partial charge is 0.480 e. The molecule has 1 heterocycles. The van der Waals surface area contributed by atoms with Crippen LogP contribution in [0.4, 0.5) is 0 Å². The highest BCUT2D eigenvalue weighted by atomic mass is 32.2. The molecule has 1 atom stereocenters. The summed E-state index contributed by atoms with van der Waals surface area (Å²) in [4.78, 5) is 13.0. The smallest absolute Gasteiger partial charge is 0.321 e. The Morgan fingerprint density at radius 1 is 1.26 bits per heavy atom. The molecule has 1 saturated heterocycles. The molecule has 0 spiro atoms. The highest BCUT2D eigenvalue weighted by molar-refractivity contribution is 7.99. The molecule has 7 heteroatoms. The van der Waals surface area contributed by atoms with Crippen LogP contribution in [-0.4, -0.2) is 86.8 Å². The van der Waals surface area contributed by atoms with E-state index < -0.39 is 5.97 Å². The SMILES string of the molecule is COCCOCCOCCN1CCSCC1C(=O)O. The zero-order chi connectivity index (χ0) is 13.9. The maximum Gasteiger partial charge on any atom is 0.321 e. The first kappa shape index (κ1) is 16.7. The Morgan fingerprint density at radius 2 is 1.95 bits per heavy atom. The van der Waals surface area contributed by atoms with Crippen LogP contribution < -0.4 is 0 Å². The molecule has 6 nitrogen and oxygen atoms in total. The molecule has 0 amide bonds. The molecule has 0 radical (unpaired) electrons. The number of carbonyl (C=O) groups is 1. The van der Waals surface area contributed by atoms with Crippen molar-refractivity contribution in [3.05, 3.63) is 0 Å². The number of rotatable bonds is 10. The van der Waals surface area contributed by atoms with Crippen molar-refractivity contribution < 1.29 is 24.1 Å². The number of methoxy groups -OCH3 is 1. The van der Waals surface area contributed by atoms with Crippen molar-refractivity contribution in [2.75, 3.05) is 64.7 Å². The van der Waals surface area contributed by atoms with Gasteiger partial charge >= 0.3 is 5.97 Å². The van der Waals surface area contributed by atoms with Crippen LogP contribution in [0.1, 0.15) is 0 Å². The third-order valence-electron chi connectivity index (χ3n) is 2.85. The van der Waals surface area contributed by atoms with Crippen molar-refractivity contribution >= 4 is 17.7 Å². The molecular formula is C12H23NO5S. The van der Waals surface area contributed by atoms with Crippen LogP contribution in [-0.2, 0) is 19.0 Å². The van der Waals surface area contributed by atoms with Gasteiger partial charge in [-0.1, -0.05) is 0 Å². The Hall–Kier alpha value is -0.340. The van der Waals surface area contributed by atoms with Gasteiger partial charge in [-0.25, -0.2) is 0 Å². The number of ether oxygens (including phenoxy) is 3. The van der Waals surface area contributed by atoms with Crippen molar-refractivity contribution in [2.24, 2.45) is 0 Å². The van der Waals surface area contributed by atoms with Gasteiger partial charge in [0.1, 0.15) is 6.04 Å². The highest BCUT2D eigenvalue weighted by Gasteiger charge is 2.28. The van der Waals surface area contributed by atoms with Gasteiger partial charge in [0, 0.05) is 31.7 Å². The van der Waals surface area contributed by atoms with Crippen LogP contribution >= 0.6 is 11.8 Å². The molecule has 0 saturated carbocycles. The summed E-state index contributed by atoms with van der Waals surface area (Å²) in [6, 6.07) is -0.375. The molecule has 1 aliphatic rings. The van der Waals surface area contributed by atoms with Gasteiger partial charge in [0.25, 0.3) is 0 Å². The fourth-order valence-corrected chi connectivity index (χ4v) is 2.89. The molecule has 0 aromatic carbocycles. The molecule has 1 rings (SSSR count). The average molecular weight is 293 g/mol. The Morgan fingerprint density at radius 3 is 2.63 bits per heavy atom. The maximum absolute atomic E-state index is 11.1. The van der Waals surface area contributed by atoms with Crippen LogP contribution in [0.5, 0.6) is 0 Å². The molecule has 0 aromatic rings. The number of carboxylic acids is 1. The Bertz CT molecular complexity index is 254. The standard InChI is InChI=1S/C12H23NO5S/c1-16-5-6-18-8-7-17-4-2-13-3-9-19-10-11(13)12(14)15/h11H,2-10H2,1H3,(H,14,15). The van der Waals surface area contributed by atoms with Crippen molar-refractivity contribution in [3.8, 4) is 0 Å². The molecule has 112 valence electrons. The molecule has 1 N–H and O–H groups in total. The van der Waals surface area contributed by atoms with E-state index in [0.29, 0.717) is 45.3 Å². The zero-order valence-corrected chi connectivity index (χ0v) is 12.2. The number of hydrogen-bond donors (Lipinski definition) is 1.